The largest absolute Gasteiger partial charge is 0.491 e. The Kier molecular flexibility index (Phi) is 5.16. The SMILES string of the molecule is CC1(C)CC(O)CC(C)(C)N1C[C@H](O)COc1ccc2c(c1)CCC2. The van der Waals surface area contributed by atoms with Gasteiger partial charge >= 0.3 is 0 Å². The number of benzene rings is 1. The molecule has 2 aliphatic rings. The number of aliphatic hydroxyl groups excluding tert-OH is 2. The summed E-state index contributed by atoms with van der Waals surface area (Å²) in [7, 11) is 0. The molecule has 1 aromatic rings. The molecule has 1 saturated heterocycles. The summed E-state index contributed by atoms with van der Waals surface area (Å²) in [5, 5.41) is 20.7. The summed E-state index contributed by atoms with van der Waals surface area (Å²) in [6.07, 6.45) is 4.16. The van der Waals surface area contributed by atoms with E-state index in [1.165, 1.54) is 24.0 Å². The molecule has 3 rings (SSSR count). The minimum atomic E-state index is -0.554. The number of aryl methyl sites for hydroxylation is 2. The Hall–Kier alpha value is -1.10. The number of aliphatic hydroxyl groups is 2. The van der Waals surface area contributed by atoms with Gasteiger partial charge in [0.15, 0.2) is 0 Å². The van der Waals surface area contributed by atoms with Gasteiger partial charge < -0.3 is 14.9 Å². The molecule has 0 amide bonds. The molecular weight excluding hydrogens is 314 g/mol. The van der Waals surface area contributed by atoms with Crippen LogP contribution < -0.4 is 4.74 Å². The van der Waals surface area contributed by atoms with Crippen LogP contribution in [0.1, 0.15) is 58.1 Å². The van der Waals surface area contributed by atoms with Gasteiger partial charge in [-0.1, -0.05) is 6.07 Å². The monoisotopic (exact) mass is 347 g/mol. The van der Waals surface area contributed by atoms with E-state index < -0.39 is 6.10 Å². The van der Waals surface area contributed by atoms with E-state index in [1.807, 2.05) is 6.07 Å². The van der Waals surface area contributed by atoms with Crippen LogP contribution in [0.5, 0.6) is 5.75 Å². The molecule has 0 spiro atoms. The number of nitrogens with zero attached hydrogens (tertiary/aromatic N) is 1. The van der Waals surface area contributed by atoms with Gasteiger partial charge in [0.05, 0.1) is 6.10 Å². The lowest BCUT2D eigenvalue weighted by Gasteiger charge is -2.54. The average Bonchev–Trinajstić information content (AvgIpc) is 2.95. The highest BCUT2D eigenvalue weighted by molar-refractivity contribution is 5.38. The minimum Gasteiger partial charge on any atom is -0.491 e. The van der Waals surface area contributed by atoms with Gasteiger partial charge in [0.1, 0.15) is 18.5 Å². The van der Waals surface area contributed by atoms with Gasteiger partial charge in [0.25, 0.3) is 0 Å². The van der Waals surface area contributed by atoms with Crippen molar-refractivity contribution in [3.8, 4) is 5.75 Å². The van der Waals surface area contributed by atoms with Crippen molar-refractivity contribution >= 4 is 0 Å². The standard InChI is InChI=1S/C21H33NO3/c1-20(2)11-17(23)12-21(3,4)22(20)13-18(24)14-25-19-9-8-15-6-5-7-16(15)10-19/h8-10,17-18,23-24H,5-7,11-14H2,1-4H3/t18-/m0/s1. The zero-order valence-corrected chi connectivity index (χ0v) is 16.1. The van der Waals surface area contributed by atoms with Crippen LogP contribution in [0.15, 0.2) is 18.2 Å². The topological polar surface area (TPSA) is 52.9 Å². The predicted molar refractivity (Wildman–Crippen MR) is 100 cm³/mol. The zero-order chi connectivity index (χ0) is 18.2. The highest BCUT2D eigenvalue weighted by atomic mass is 16.5. The quantitative estimate of drug-likeness (QED) is 0.860. The molecule has 140 valence electrons. The van der Waals surface area contributed by atoms with Crippen LogP contribution in [0.25, 0.3) is 0 Å². The third-order valence-electron chi connectivity index (χ3n) is 5.84. The van der Waals surface area contributed by atoms with Crippen LogP contribution in [-0.4, -0.2) is 51.6 Å². The molecule has 1 aliphatic heterocycles. The molecule has 1 aromatic carbocycles. The molecule has 1 heterocycles. The molecule has 0 bridgehead atoms. The molecule has 25 heavy (non-hydrogen) atoms. The Bertz CT molecular complexity index is 593. The highest BCUT2D eigenvalue weighted by Crippen LogP contribution is 2.38. The molecule has 4 heteroatoms. The fourth-order valence-electron chi connectivity index (χ4n) is 4.85. The second-order valence-electron chi connectivity index (χ2n) is 9.05. The van der Waals surface area contributed by atoms with Gasteiger partial charge in [-0.05, 0) is 83.1 Å². The fraction of sp³-hybridized carbons (Fsp3) is 0.714. The number of hydrogen-bond acceptors (Lipinski definition) is 4. The minimum absolute atomic E-state index is 0.143. The molecule has 0 radical (unpaired) electrons. The molecule has 0 aromatic heterocycles. The predicted octanol–water partition coefficient (Wildman–Crippen LogP) is 2.93. The summed E-state index contributed by atoms with van der Waals surface area (Å²) in [5.74, 6) is 0.854. The lowest BCUT2D eigenvalue weighted by Crippen LogP contribution is -2.63. The molecule has 1 aliphatic carbocycles. The number of hydrogen-bond donors (Lipinski definition) is 2. The molecule has 0 unspecified atom stereocenters. The van der Waals surface area contributed by atoms with Gasteiger partial charge in [0, 0.05) is 17.6 Å². The van der Waals surface area contributed by atoms with Crippen molar-refractivity contribution in [2.24, 2.45) is 0 Å². The Balaban J connectivity index is 1.59. The van der Waals surface area contributed by atoms with Crippen molar-refractivity contribution in [3.05, 3.63) is 29.3 Å². The van der Waals surface area contributed by atoms with E-state index >= 15 is 0 Å². The van der Waals surface area contributed by atoms with Gasteiger partial charge in [-0.3, -0.25) is 4.90 Å². The number of likely N-dealkylation sites (tertiary alicyclic amines) is 1. The van der Waals surface area contributed by atoms with Crippen molar-refractivity contribution < 1.29 is 14.9 Å². The normalized spacial score (nSPS) is 24.1. The molecule has 1 fully saturated rings. The molecular formula is C21H33NO3. The van der Waals surface area contributed by atoms with Crippen LogP contribution >= 0.6 is 0 Å². The van der Waals surface area contributed by atoms with Gasteiger partial charge in [-0.15, -0.1) is 0 Å². The van der Waals surface area contributed by atoms with E-state index in [9.17, 15) is 10.2 Å². The van der Waals surface area contributed by atoms with E-state index in [0.717, 1.165) is 25.0 Å². The van der Waals surface area contributed by atoms with Crippen LogP contribution in [0.2, 0.25) is 0 Å². The summed E-state index contributed by atoms with van der Waals surface area (Å²) in [4.78, 5) is 2.32. The van der Waals surface area contributed by atoms with Crippen molar-refractivity contribution in [3.63, 3.8) is 0 Å². The highest BCUT2D eigenvalue weighted by Gasteiger charge is 2.45. The molecule has 0 saturated carbocycles. The third-order valence-corrected chi connectivity index (χ3v) is 5.84. The third kappa shape index (κ3) is 4.18. The Labute approximate surface area is 151 Å². The number of ether oxygens (including phenoxy) is 1. The van der Waals surface area contributed by atoms with E-state index in [1.54, 1.807) is 0 Å². The van der Waals surface area contributed by atoms with E-state index in [2.05, 4.69) is 44.7 Å². The summed E-state index contributed by atoms with van der Waals surface area (Å²) in [6.45, 7) is 9.43. The molecule has 2 N–H and O–H groups in total. The Morgan fingerprint density at radius 2 is 1.76 bits per heavy atom. The fourth-order valence-corrected chi connectivity index (χ4v) is 4.85. The first-order valence-corrected chi connectivity index (χ1v) is 9.56. The van der Waals surface area contributed by atoms with Crippen LogP contribution in [0, 0.1) is 0 Å². The first kappa shape index (κ1) is 18.7. The van der Waals surface area contributed by atoms with Crippen LogP contribution in [0.3, 0.4) is 0 Å². The summed E-state index contributed by atoms with van der Waals surface area (Å²) in [6, 6.07) is 6.30. The molecule has 1 atom stereocenters. The summed E-state index contributed by atoms with van der Waals surface area (Å²) >= 11 is 0. The summed E-state index contributed by atoms with van der Waals surface area (Å²) in [5.41, 5.74) is 2.54. The number of fused-ring (bicyclic) bond motifs is 1. The van der Waals surface area contributed by atoms with E-state index in [0.29, 0.717) is 13.2 Å². The maximum Gasteiger partial charge on any atom is 0.119 e. The van der Waals surface area contributed by atoms with Crippen molar-refractivity contribution in [2.45, 2.75) is 83.1 Å². The zero-order valence-electron chi connectivity index (χ0n) is 16.1. The maximum atomic E-state index is 10.6. The van der Waals surface area contributed by atoms with E-state index in [-0.39, 0.29) is 17.2 Å². The lowest BCUT2D eigenvalue weighted by molar-refractivity contribution is -0.1000. The van der Waals surface area contributed by atoms with Crippen molar-refractivity contribution in [1.29, 1.82) is 0 Å². The maximum absolute atomic E-state index is 10.6. The van der Waals surface area contributed by atoms with Crippen molar-refractivity contribution in [1.82, 2.24) is 4.90 Å². The second-order valence-corrected chi connectivity index (χ2v) is 9.05. The number of piperidine rings is 1. The van der Waals surface area contributed by atoms with Gasteiger partial charge in [-0.2, -0.15) is 0 Å². The van der Waals surface area contributed by atoms with Crippen LogP contribution in [0.4, 0.5) is 0 Å². The first-order valence-electron chi connectivity index (χ1n) is 9.56. The summed E-state index contributed by atoms with van der Waals surface area (Å²) < 4.78 is 5.87. The Morgan fingerprint density at radius 1 is 1.12 bits per heavy atom. The molecule has 4 nitrogen and oxygen atoms in total. The number of β-amino-alcohol motifs (C(OH)–C–C–N with tert-alkyl or cyclic N) is 1. The average molecular weight is 347 g/mol. The van der Waals surface area contributed by atoms with Crippen molar-refractivity contribution in [2.75, 3.05) is 13.2 Å². The second kappa shape index (κ2) is 6.90. The van der Waals surface area contributed by atoms with Gasteiger partial charge in [-0.25, -0.2) is 0 Å². The van der Waals surface area contributed by atoms with Crippen LogP contribution in [-0.2, 0) is 12.8 Å². The first-order chi connectivity index (χ1) is 11.7. The number of rotatable bonds is 5. The van der Waals surface area contributed by atoms with E-state index in [4.69, 9.17) is 4.74 Å². The van der Waals surface area contributed by atoms with Gasteiger partial charge in [0.2, 0.25) is 0 Å². The smallest absolute Gasteiger partial charge is 0.119 e. The Morgan fingerprint density at radius 3 is 2.44 bits per heavy atom. The lowest BCUT2D eigenvalue weighted by atomic mass is 9.78.